The van der Waals surface area contributed by atoms with Crippen molar-refractivity contribution in [3.63, 3.8) is 0 Å². The number of rotatable bonds is 10. The SMILES string of the molecule is CC(C)[C@@H](C(=O)N[C@H](C=O)Cc1c[nH]c2ccccc12)n1cc(COc2ccc3nc(S)sc3c2)nn1. The quantitative estimate of drug-likeness (QED) is 0.181. The van der Waals surface area contributed by atoms with E-state index in [9.17, 15) is 9.59 Å². The van der Waals surface area contributed by atoms with Gasteiger partial charge in [-0.15, -0.1) is 29.1 Å². The number of benzene rings is 2. The summed E-state index contributed by atoms with van der Waals surface area (Å²) in [4.78, 5) is 32.6. The Morgan fingerprint density at radius 1 is 1.27 bits per heavy atom. The standard InChI is InChI=1S/C26H26N6O3S2/c1-15(2)24(25(34)28-17(13-33)9-16-11-27-21-6-4-3-5-20(16)21)32-12-18(30-31-32)14-35-19-7-8-22-23(10-19)37-26(36)29-22/h3-8,10-13,15,17,24,27H,9,14H2,1-2H3,(H,28,34)(H,29,36)/t17-,24-/m0/s1. The van der Waals surface area contributed by atoms with Crippen LogP contribution in [0.1, 0.15) is 31.1 Å². The van der Waals surface area contributed by atoms with E-state index < -0.39 is 12.1 Å². The predicted octanol–water partition coefficient (Wildman–Crippen LogP) is 4.36. The van der Waals surface area contributed by atoms with Gasteiger partial charge in [0.2, 0.25) is 5.91 Å². The first-order valence-corrected chi connectivity index (χ1v) is 13.1. The molecule has 0 aliphatic carbocycles. The smallest absolute Gasteiger partial charge is 0.245 e. The number of carbonyl (C=O) groups is 2. The molecule has 2 atom stereocenters. The number of thiazole rings is 1. The monoisotopic (exact) mass is 534 g/mol. The van der Waals surface area contributed by atoms with Crippen LogP contribution < -0.4 is 10.1 Å². The Bertz CT molecular complexity index is 1560. The van der Waals surface area contributed by atoms with E-state index >= 15 is 0 Å². The van der Waals surface area contributed by atoms with Crippen LogP contribution in [-0.2, 0) is 22.6 Å². The minimum Gasteiger partial charge on any atom is -0.487 e. The number of para-hydroxylation sites is 1. The Morgan fingerprint density at radius 3 is 2.92 bits per heavy atom. The molecule has 0 radical (unpaired) electrons. The Balaban J connectivity index is 1.25. The van der Waals surface area contributed by atoms with E-state index in [1.54, 1.807) is 6.20 Å². The normalized spacial score (nSPS) is 13.2. The van der Waals surface area contributed by atoms with Crippen LogP contribution in [0, 0.1) is 5.92 Å². The summed E-state index contributed by atoms with van der Waals surface area (Å²) in [7, 11) is 0. The number of aromatic amines is 1. The highest BCUT2D eigenvalue weighted by Crippen LogP contribution is 2.28. The number of fused-ring (bicyclic) bond motifs is 2. The Kier molecular flexibility index (Phi) is 7.24. The van der Waals surface area contributed by atoms with E-state index in [2.05, 4.69) is 38.2 Å². The molecule has 9 nitrogen and oxygen atoms in total. The molecule has 0 aliphatic rings. The number of nitrogens with zero attached hydrogens (tertiary/aromatic N) is 4. The fourth-order valence-electron chi connectivity index (χ4n) is 4.32. The van der Waals surface area contributed by atoms with Crippen LogP contribution in [0.4, 0.5) is 0 Å². The number of aldehydes is 1. The van der Waals surface area contributed by atoms with Gasteiger partial charge in [0.25, 0.3) is 0 Å². The van der Waals surface area contributed by atoms with Gasteiger partial charge in [0.05, 0.1) is 22.5 Å². The van der Waals surface area contributed by atoms with E-state index in [0.29, 0.717) is 22.2 Å². The van der Waals surface area contributed by atoms with E-state index in [-0.39, 0.29) is 18.4 Å². The lowest BCUT2D eigenvalue weighted by atomic mass is 10.0. The maximum Gasteiger partial charge on any atom is 0.245 e. The Morgan fingerprint density at radius 2 is 2.11 bits per heavy atom. The summed E-state index contributed by atoms with van der Waals surface area (Å²) in [6.07, 6.45) is 4.74. The third kappa shape index (κ3) is 5.52. The average Bonchev–Trinajstić information content (AvgIpc) is 3.60. The average molecular weight is 535 g/mol. The molecule has 190 valence electrons. The zero-order chi connectivity index (χ0) is 25.9. The molecule has 0 bridgehead atoms. The van der Waals surface area contributed by atoms with E-state index in [0.717, 1.165) is 33.0 Å². The number of hydrogen-bond donors (Lipinski definition) is 3. The second kappa shape index (κ2) is 10.7. The molecule has 0 saturated heterocycles. The summed E-state index contributed by atoms with van der Waals surface area (Å²) >= 11 is 5.78. The van der Waals surface area contributed by atoms with Gasteiger partial charge in [-0.05, 0) is 35.7 Å². The van der Waals surface area contributed by atoms with Crippen LogP contribution in [-0.4, -0.2) is 43.2 Å². The lowest BCUT2D eigenvalue weighted by molar-refractivity contribution is -0.128. The van der Waals surface area contributed by atoms with Gasteiger partial charge in [-0.1, -0.05) is 37.3 Å². The van der Waals surface area contributed by atoms with Crippen molar-refractivity contribution in [1.82, 2.24) is 30.3 Å². The zero-order valence-electron chi connectivity index (χ0n) is 20.3. The van der Waals surface area contributed by atoms with Gasteiger partial charge in [-0.2, -0.15) is 0 Å². The molecule has 0 aliphatic heterocycles. The highest BCUT2D eigenvalue weighted by Gasteiger charge is 2.28. The number of carbonyl (C=O) groups excluding carboxylic acids is 2. The lowest BCUT2D eigenvalue weighted by Gasteiger charge is -2.22. The third-order valence-electron chi connectivity index (χ3n) is 6.08. The summed E-state index contributed by atoms with van der Waals surface area (Å²) in [5.74, 6) is 0.311. The minimum atomic E-state index is -0.668. The highest BCUT2D eigenvalue weighted by molar-refractivity contribution is 7.82. The van der Waals surface area contributed by atoms with Gasteiger partial charge < -0.3 is 19.8 Å². The Hall–Kier alpha value is -3.70. The maximum atomic E-state index is 13.3. The molecule has 5 aromatic rings. The molecule has 2 aromatic carbocycles. The largest absolute Gasteiger partial charge is 0.487 e. The summed E-state index contributed by atoms with van der Waals surface area (Å²) in [5, 5.41) is 12.3. The van der Waals surface area contributed by atoms with Crippen LogP contribution in [0.2, 0.25) is 0 Å². The molecule has 3 aromatic heterocycles. The zero-order valence-corrected chi connectivity index (χ0v) is 22.0. The Labute approximate surface area is 222 Å². The number of hydrogen-bond acceptors (Lipinski definition) is 8. The van der Waals surface area contributed by atoms with Gasteiger partial charge in [-0.25, -0.2) is 9.67 Å². The summed E-state index contributed by atoms with van der Waals surface area (Å²) < 4.78 is 9.11. The summed E-state index contributed by atoms with van der Waals surface area (Å²) in [6.45, 7) is 4.05. The van der Waals surface area contributed by atoms with E-state index in [4.69, 9.17) is 4.74 Å². The van der Waals surface area contributed by atoms with Crippen molar-refractivity contribution in [1.29, 1.82) is 0 Å². The van der Waals surface area contributed by atoms with E-state index in [1.165, 1.54) is 16.0 Å². The first-order valence-electron chi connectivity index (χ1n) is 11.8. The first kappa shape index (κ1) is 25.0. The summed E-state index contributed by atoms with van der Waals surface area (Å²) in [6, 6.07) is 12.2. The van der Waals surface area contributed by atoms with Crippen molar-refractivity contribution in [2.75, 3.05) is 0 Å². The second-order valence-corrected chi connectivity index (χ2v) is 10.9. The third-order valence-corrected chi connectivity index (χ3v) is 7.28. The summed E-state index contributed by atoms with van der Waals surface area (Å²) in [5.41, 5.74) is 3.42. The van der Waals surface area contributed by atoms with Crippen LogP contribution in [0.15, 0.2) is 59.2 Å². The minimum absolute atomic E-state index is 0.0833. The fraction of sp³-hybridized carbons (Fsp3) is 0.269. The fourth-order valence-corrected chi connectivity index (χ4v) is 5.46. The van der Waals surface area contributed by atoms with Crippen LogP contribution in [0.3, 0.4) is 0 Å². The number of aromatic nitrogens is 5. The predicted molar refractivity (Wildman–Crippen MR) is 145 cm³/mol. The molecule has 0 unspecified atom stereocenters. The topological polar surface area (TPSA) is 115 Å². The van der Waals surface area contributed by atoms with Crippen LogP contribution in [0.25, 0.3) is 21.1 Å². The molecular formula is C26H26N6O3S2. The van der Waals surface area contributed by atoms with Crippen molar-refractivity contribution in [3.05, 3.63) is 66.1 Å². The molecule has 2 N–H and O–H groups in total. The van der Waals surface area contributed by atoms with Crippen molar-refractivity contribution in [2.24, 2.45) is 5.92 Å². The van der Waals surface area contributed by atoms with Crippen molar-refractivity contribution < 1.29 is 14.3 Å². The van der Waals surface area contributed by atoms with E-state index in [1.807, 2.05) is 62.5 Å². The molecule has 3 heterocycles. The highest BCUT2D eigenvalue weighted by atomic mass is 32.2. The molecule has 5 rings (SSSR count). The van der Waals surface area contributed by atoms with Gasteiger partial charge in [0.1, 0.15) is 34.7 Å². The number of thiol groups is 1. The van der Waals surface area contributed by atoms with Gasteiger partial charge in [-0.3, -0.25) is 4.79 Å². The molecule has 37 heavy (non-hydrogen) atoms. The maximum absolute atomic E-state index is 13.3. The lowest BCUT2D eigenvalue weighted by Crippen LogP contribution is -2.43. The second-order valence-electron chi connectivity index (χ2n) is 9.11. The van der Waals surface area contributed by atoms with Gasteiger partial charge in [0, 0.05) is 23.5 Å². The number of amides is 1. The first-order chi connectivity index (χ1) is 17.9. The van der Waals surface area contributed by atoms with Crippen molar-refractivity contribution >= 4 is 57.3 Å². The molecule has 0 saturated carbocycles. The van der Waals surface area contributed by atoms with Gasteiger partial charge >= 0.3 is 0 Å². The molecular weight excluding hydrogens is 508 g/mol. The number of ether oxygens (including phenoxy) is 1. The number of H-pyrrole nitrogens is 1. The van der Waals surface area contributed by atoms with Crippen molar-refractivity contribution in [2.45, 2.75) is 43.3 Å². The van der Waals surface area contributed by atoms with Crippen LogP contribution >= 0.6 is 24.0 Å². The number of nitrogens with one attached hydrogen (secondary N) is 2. The molecule has 11 heteroatoms. The molecule has 0 spiro atoms. The van der Waals surface area contributed by atoms with Crippen LogP contribution in [0.5, 0.6) is 5.75 Å². The molecule has 1 amide bonds. The van der Waals surface area contributed by atoms with Gasteiger partial charge in [0.15, 0.2) is 0 Å². The van der Waals surface area contributed by atoms with Crippen molar-refractivity contribution in [3.8, 4) is 5.75 Å². The molecule has 0 fully saturated rings.